The fourth-order valence-corrected chi connectivity index (χ4v) is 0.390. The van der Waals surface area contributed by atoms with Crippen LogP contribution in [-0.4, -0.2) is 19.5 Å². The Labute approximate surface area is 55.6 Å². The van der Waals surface area contributed by atoms with Crippen molar-refractivity contribution in [3.8, 4) is 0 Å². The van der Waals surface area contributed by atoms with E-state index in [-0.39, 0.29) is 5.41 Å². The molecule has 0 fully saturated rings. The Morgan fingerprint density at radius 2 is 2.22 bits per heavy atom. The van der Waals surface area contributed by atoms with Crippen LogP contribution in [0.15, 0.2) is 0 Å². The van der Waals surface area contributed by atoms with Crippen LogP contribution in [0.1, 0.15) is 13.8 Å². The molecule has 0 unspecified atom stereocenters. The van der Waals surface area contributed by atoms with Crippen LogP contribution >= 0.6 is 0 Å². The highest BCUT2D eigenvalue weighted by atomic mass is 16.1. The second kappa shape index (κ2) is 3.45. The van der Waals surface area contributed by atoms with Gasteiger partial charge in [0.2, 0.25) is 6.41 Å². The summed E-state index contributed by atoms with van der Waals surface area (Å²) in [7, 11) is 0. The maximum Gasteiger partial charge on any atom is 0.207 e. The number of hydrogen-bond donors (Lipinski definition) is 2. The lowest BCUT2D eigenvalue weighted by molar-refractivity contribution is -0.109. The van der Waals surface area contributed by atoms with E-state index >= 15 is 0 Å². The van der Waals surface area contributed by atoms with Crippen molar-refractivity contribution in [2.75, 3.05) is 13.1 Å². The van der Waals surface area contributed by atoms with Gasteiger partial charge in [0.05, 0.1) is 0 Å². The van der Waals surface area contributed by atoms with E-state index in [0.717, 1.165) is 0 Å². The zero-order chi connectivity index (χ0) is 7.33. The first kappa shape index (κ1) is 8.43. The first-order valence-electron chi connectivity index (χ1n) is 2.99. The highest BCUT2D eigenvalue weighted by Gasteiger charge is 2.13. The van der Waals surface area contributed by atoms with Gasteiger partial charge < -0.3 is 11.1 Å². The zero-order valence-corrected chi connectivity index (χ0v) is 5.98. The molecule has 3 N–H and O–H groups in total. The average molecular weight is 130 g/mol. The standard InChI is InChI=1S/C6H14N2O/c1-6(2,3-7)4-8-5-9/h5H,3-4,7H2,1-2H3,(H,8,9). The molecule has 3 heteroatoms. The second-order valence-electron chi connectivity index (χ2n) is 2.87. The van der Waals surface area contributed by atoms with Crippen molar-refractivity contribution in [3.05, 3.63) is 0 Å². The summed E-state index contributed by atoms with van der Waals surface area (Å²) in [6.07, 6.45) is 0.692. The summed E-state index contributed by atoms with van der Waals surface area (Å²) in [6.45, 7) is 5.24. The number of carbonyl (C=O) groups is 1. The molecule has 0 aromatic rings. The van der Waals surface area contributed by atoms with Crippen LogP contribution in [0, 0.1) is 5.41 Å². The Morgan fingerprint density at radius 3 is 2.56 bits per heavy atom. The first-order valence-corrected chi connectivity index (χ1v) is 2.99. The molecule has 0 heterocycles. The van der Waals surface area contributed by atoms with Crippen molar-refractivity contribution in [1.82, 2.24) is 5.32 Å². The van der Waals surface area contributed by atoms with Crippen LogP contribution in [0.3, 0.4) is 0 Å². The van der Waals surface area contributed by atoms with Crippen LogP contribution in [-0.2, 0) is 4.79 Å². The topological polar surface area (TPSA) is 55.1 Å². The molecule has 0 saturated heterocycles. The number of carbonyl (C=O) groups excluding carboxylic acids is 1. The van der Waals surface area contributed by atoms with Gasteiger partial charge in [-0.15, -0.1) is 0 Å². The van der Waals surface area contributed by atoms with Crippen LogP contribution in [0.4, 0.5) is 0 Å². The lowest BCUT2D eigenvalue weighted by Crippen LogP contribution is -2.34. The molecule has 0 radical (unpaired) electrons. The maximum absolute atomic E-state index is 9.82. The minimum Gasteiger partial charge on any atom is -0.358 e. The van der Waals surface area contributed by atoms with Gasteiger partial charge in [-0.25, -0.2) is 0 Å². The Kier molecular flexibility index (Phi) is 3.24. The number of amides is 1. The van der Waals surface area contributed by atoms with E-state index in [1.54, 1.807) is 0 Å². The smallest absolute Gasteiger partial charge is 0.207 e. The van der Waals surface area contributed by atoms with Crippen molar-refractivity contribution >= 4 is 6.41 Å². The predicted octanol–water partition coefficient (Wildman–Crippen LogP) is -0.283. The van der Waals surface area contributed by atoms with E-state index in [4.69, 9.17) is 5.73 Å². The second-order valence-corrected chi connectivity index (χ2v) is 2.87. The van der Waals surface area contributed by atoms with Gasteiger partial charge in [-0.1, -0.05) is 13.8 Å². The summed E-state index contributed by atoms with van der Waals surface area (Å²) in [4.78, 5) is 9.82. The molecule has 0 rings (SSSR count). The molecule has 0 aliphatic heterocycles. The maximum atomic E-state index is 9.82. The average Bonchev–Trinajstić information content (AvgIpc) is 1.84. The van der Waals surface area contributed by atoms with E-state index in [1.807, 2.05) is 13.8 Å². The van der Waals surface area contributed by atoms with Crippen molar-refractivity contribution in [1.29, 1.82) is 0 Å². The number of rotatable bonds is 4. The number of nitrogens with two attached hydrogens (primary N) is 1. The summed E-state index contributed by atoms with van der Waals surface area (Å²) in [5.74, 6) is 0. The summed E-state index contributed by atoms with van der Waals surface area (Å²) in [6, 6.07) is 0. The predicted molar refractivity (Wildman–Crippen MR) is 36.9 cm³/mol. The first-order chi connectivity index (χ1) is 4.12. The van der Waals surface area contributed by atoms with Gasteiger partial charge >= 0.3 is 0 Å². The van der Waals surface area contributed by atoms with Crippen LogP contribution in [0.5, 0.6) is 0 Å². The fourth-order valence-electron chi connectivity index (χ4n) is 0.390. The third-order valence-corrected chi connectivity index (χ3v) is 1.22. The molecule has 9 heavy (non-hydrogen) atoms. The van der Waals surface area contributed by atoms with Crippen LogP contribution in [0.2, 0.25) is 0 Å². The Morgan fingerprint density at radius 1 is 1.67 bits per heavy atom. The third kappa shape index (κ3) is 3.97. The summed E-state index contributed by atoms with van der Waals surface area (Å²) >= 11 is 0. The molecule has 0 aliphatic carbocycles. The minimum atomic E-state index is 0.0287. The monoisotopic (exact) mass is 130 g/mol. The highest BCUT2D eigenvalue weighted by Crippen LogP contribution is 2.08. The zero-order valence-electron chi connectivity index (χ0n) is 5.98. The van der Waals surface area contributed by atoms with Gasteiger partial charge in [0, 0.05) is 6.54 Å². The van der Waals surface area contributed by atoms with Crippen molar-refractivity contribution in [2.45, 2.75) is 13.8 Å². The van der Waals surface area contributed by atoms with Gasteiger partial charge in [0.25, 0.3) is 0 Å². The normalized spacial score (nSPS) is 11.0. The summed E-state index contributed by atoms with van der Waals surface area (Å²) in [5, 5.41) is 2.58. The Bertz CT molecular complexity index is 91.1. The van der Waals surface area contributed by atoms with E-state index < -0.39 is 0 Å². The molecule has 54 valence electrons. The van der Waals surface area contributed by atoms with E-state index in [1.165, 1.54) is 0 Å². The quantitative estimate of drug-likeness (QED) is 0.514. The fraction of sp³-hybridized carbons (Fsp3) is 0.833. The third-order valence-electron chi connectivity index (χ3n) is 1.22. The molecule has 0 bridgehead atoms. The van der Waals surface area contributed by atoms with Gasteiger partial charge in [-0.05, 0) is 12.0 Å². The van der Waals surface area contributed by atoms with E-state index in [2.05, 4.69) is 5.32 Å². The largest absolute Gasteiger partial charge is 0.358 e. The number of hydrogen-bond acceptors (Lipinski definition) is 2. The molecule has 0 saturated carbocycles. The molecule has 1 amide bonds. The Balaban J connectivity index is 3.44. The molecule has 0 atom stereocenters. The minimum absolute atomic E-state index is 0.0287. The molecular weight excluding hydrogens is 116 g/mol. The van der Waals surface area contributed by atoms with Gasteiger partial charge in [0.1, 0.15) is 0 Å². The molecule has 0 aliphatic rings. The van der Waals surface area contributed by atoms with Gasteiger partial charge in [0.15, 0.2) is 0 Å². The van der Waals surface area contributed by atoms with Crippen LogP contribution < -0.4 is 11.1 Å². The molecule has 0 aromatic heterocycles. The Hall–Kier alpha value is -0.570. The lowest BCUT2D eigenvalue weighted by atomic mass is 9.94. The lowest BCUT2D eigenvalue weighted by Gasteiger charge is -2.20. The molecular formula is C6H14N2O. The van der Waals surface area contributed by atoms with Crippen molar-refractivity contribution in [2.24, 2.45) is 11.1 Å². The van der Waals surface area contributed by atoms with E-state index in [9.17, 15) is 4.79 Å². The molecule has 0 aromatic carbocycles. The number of nitrogens with one attached hydrogen (secondary N) is 1. The van der Waals surface area contributed by atoms with Crippen molar-refractivity contribution in [3.63, 3.8) is 0 Å². The molecule has 0 spiro atoms. The van der Waals surface area contributed by atoms with Crippen molar-refractivity contribution < 1.29 is 4.79 Å². The summed E-state index contributed by atoms with van der Waals surface area (Å²) in [5.41, 5.74) is 5.42. The van der Waals surface area contributed by atoms with Crippen LogP contribution in [0.25, 0.3) is 0 Å². The molecule has 3 nitrogen and oxygen atoms in total. The SMILES string of the molecule is CC(C)(CN)CNC=O. The highest BCUT2D eigenvalue weighted by molar-refractivity contribution is 5.45. The van der Waals surface area contributed by atoms with E-state index in [0.29, 0.717) is 19.5 Å². The van der Waals surface area contributed by atoms with Gasteiger partial charge in [-0.3, -0.25) is 4.79 Å². The summed E-state index contributed by atoms with van der Waals surface area (Å²) < 4.78 is 0. The van der Waals surface area contributed by atoms with Gasteiger partial charge in [-0.2, -0.15) is 0 Å².